The first-order valence-electron chi connectivity index (χ1n) is 8.05. The molecule has 0 radical (unpaired) electrons. The Hall–Kier alpha value is -1.93. The number of guanidine groups is 1. The molecular formula is C17H24N4O2S2. The molecule has 0 bridgehead atoms. The molecule has 0 saturated heterocycles. The first-order valence-corrected chi connectivity index (χ1v) is 9.92. The fraction of sp³-hybridized carbons (Fsp3) is 0.412. The zero-order valence-electron chi connectivity index (χ0n) is 14.5. The van der Waals surface area contributed by atoms with Crippen molar-refractivity contribution in [1.82, 2.24) is 15.6 Å². The molecule has 0 amide bonds. The first-order chi connectivity index (χ1) is 12.3. The highest BCUT2D eigenvalue weighted by atomic mass is 32.2. The lowest BCUT2D eigenvalue weighted by Gasteiger charge is -2.12. The Morgan fingerprint density at radius 3 is 2.64 bits per heavy atom. The summed E-state index contributed by atoms with van der Waals surface area (Å²) in [5.74, 6) is 3.48. The third-order valence-electron chi connectivity index (χ3n) is 3.20. The molecule has 0 aliphatic rings. The second-order valence-corrected chi connectivity index (χ2v) is 7.19. The molecule has 0 spiro atoms. The molecule has 1 aromatic heterocycles. The second-order valence-electron chi connectivity index (χ2n) is 4.95. The van der Waals surface area contributed by atoms with Gasteiger partial charge in [0.05, 0.1) is 13.7 Å². The third-order valence-corrected chi connectivity index (χ3v) is 5.25. The molecule has 6 nitrogen and oxygen atoms in total. The normalized spacial score (nSPS) is 11.2. The van der Waals surface area contributed by atoms with Crippen molar-refractivity contribution in [3.05, 3.63) is 35.8 Å². The van der Waals surface area contributed by atoms with Crippen molar-refractivity contribution in [1.29, 1.82) is 0 Å². The standard InChI is InChI=1S/C17H24N4O2S2/c1-18-16(19-8-3-12-24-17-21-10-13-25-17)20-9-11-23-15-6-4-14(22-2)5-7-15/h4-7,10,13H,3,8-9,11-12H2,1-2H3,(H2,18,19,20). The Kier molecular flexibility index (Phi) is 9.00. The first kappa shape index (κ1) is 19.4. The molecule has 0 atom stereocenters. The third kappa shape index (κ3) is 7.66. The van der Waals surface area contributed by atoms with Gasteiger partial charge in [0.15, 0.2) is 5.96 Å². The van der Waals surface area contributed by atoms with E-state index in [2.05, 4.69) is 20.6 Å². The zero-order chi connectivity index (χ0) is 17.7. The number of nitrogens with one attached hydrogen (secondary N) is 2. The van der Waals surface area contributed by atoms with E-state index in [-0.39, 0.29) is 0 Å². The van der Waals surface area contributed by atoms with Crippen molar-refractivity contribution in [2.45, 2.75) is 10.8 Å². The van der Waals surface area contributed by atoms with Crippen LogP contribution in [-0.2, 0) is 0 Å². The molecule has 0 aliphatic carbocycles. The fourth-order valence-corrected chi connectivity index (χ4v) is 3.60. The largest absolute Gasteiger partial charge is 0.497 e. The van der Waals surface area contributed by atoms with Gasteiger partial charge in [0.25, 0.3) is 0 Å². The van der Waals surface area contributed by atoms with Gasteiger partial charge in [-0.3, -0.25) is 4.99 Å². The number of ether oxygens (including phenoxy) is 2. The second kappa shape index (κ2) is 11.6. The van der Waals surface area contributed by atoms with Gasteiger partial charge in [0, 0.05) is 30.9 Å². The summed E-state index contributed by atoms with van der Waals surface area (Å²) in [4.78, 5) is 8.46. The minimum atomic E-state index is 0.562. The summed E-state index contributed by atoms with van der Waals surface area (Å²) < 4.78 is 11.9. The van der Waals surface area contributed by atoms with Gasteiger partial charge >= 0.3 is 0 Å². The van der Waals surface area contributed by atoms with Crippen molar-refractivity contribution in [3.63, 3.8) is 0 Å². The molecule has 136 valence electrons. The molecule has 2 N–H and O–H groups in total. The van der Waals surface area contributed by atoms with Gasteiger partial charge in [0.1, 0.15) is 22.4 Å². The number of hydrogen-bond acceptors (Lipinski definition) is 6. The Bertz CT molecular complexity index is 618. The Morgan fingerprint density at radius 2 is 1.96 bits per heavy atom. The summed E-state index contributed by atoms with van der Waals surface area (Å²) in [6.07, 6.45) is 2.89. The molecule has 0 saturated carbocycles. The number of nitrogens with zero attached hydrogens (tertiary/aromatic N) is 2. The lowest BCUT2D eigenvalue weighted by molar-refractivity contribution is 0.321. The Morgan fingerprint density at radius 1 is 1.20 bits per heavy atom. The van der Waals surface area contributed by atoms with Crippen molar-refractivity contribution in [3.8, 4) is 11.5 Å². The molecule has 1 heterocycles. The van der Waals surface area contributed by atoms with Gasteiger partial charge in [-0.2, -0.15) is 0 Å². The van der Waals surface area contributed by atoms with Gasteiger partial charge in [0.2, 0.25) is 0 Å². The smallest absolute Gasteiger partial charge is 0.191 e. The fourth-order valence-electron chi connectivity index (χ4n) is 1.95. The van der Waals surface area contributed by atoms with E-state index in [0.717, 1.165) is 40.5 Å². The van der Waals surface area contributed by atoms with E-state index in [0.29, 0.717) is 13.2 Å². The average molecular weight is 381 g/mol. The lowest BCUT2D eigenvalue weighted by Crippen LogP contribution is -2.39. The highest BCUT2D eigenvalue weighted by Gasteiger charge is 2.00. The predicted octanol–water partition coefficient (Wildman–Crippen LogP) is 2.88. The van der Waals surface area contributed by atoms with E-state index in [9.17, 15) is 0 Å². The number of aromatic nitrogens is 1. The van der Waals surface area contributed by atoms with Crippen molar-refractivity contribution in [2.24, 2.45) is 4.99 Å². The summed E-state index contributed by atoms with van der Waals surface area (Å²) in [5, 5.41) is 8.54. The van der Waals surface area contributed by atoms with Crippen LogP contribution in [-0.4, -0.2) is 50.6 Å². The van der Waals surface area contributed by atoms with E-state index >= 15 is 0 Å². The minimum absolute atomic E-state index is 0.562. The van der Waals surface area contributed by atoms with Crippen molar-refractivity contribution < 1.29 is 9.47 Å². The van der Waals surface area contributed by atoms with Gasteiger partial charge in [-0.1, -0.05) is 11.8 Å². The molecule has 0 aliphatic heterocycles. The van der Waals surface area contributed by atoms with E-state index in [4.69, 9.17) is 9.47 Å². The maximum absolute atomic E-state index is 5.67. The van der Waals surface area contributed by atoms with Crippen molar-refractivity contribution >= 4 is 29.1 Å². The summed E-state index contributed by atoms with van der Waals surface area (Å²) in [5.41, 5.74) is 0. The number of rotatable bonds is 10. The van der Waals surface area contributed by atoms with E-state index in [1.807, 2.05) is 35.8 Å². The van der Waals surface area contributed by atoms with Crippen molar-refractivity contribution in [2.75, 3.05) is 39.6 Å². The summed E-state index contributed by atoms with van der Waals surface area (Å²) in [6, 6.07) is 7.55. The maximum atomic E-state index is 5.67. The van der Waals surface area contributed by atoms with Crippen LogP contribution in [0.15, 0.2) is 45.2 Å². The summed E-state index contributed by atoms with van der Waals surface area (Å²) >= 11 is 3.47. The molecule has 2 aromatic rings. The zero-order valence-corrected chi connectivity index (χ0v) is 16.2. The van der Waals surface area contributed by atoms with Crippen LogP contribution < -0.4 is 20.1 Å². The van der Waals surface area contributed by atoms with Gasteiger partial charge in [-0.25, -0.2) is 4.98 Å². The molecular weight excluding hydrogens is 356 g/mol. The highest BCUT2D eigenvalue weighted by molar-refractivity contribution is 8.00. The lowest BCUT2D eigenvalue weighted by atomic mass is 10.3. The highest BCUT2D eigenvalue weighted by Crippen LogP contribution is 2.20. The number of benzene rings is 1. The minimum Gasteiger partial charge on any atom is -0.497 e. The number of aliphatic imine (C=N–C) groups is 1. The summed E-state index contributed by atoms with van der Waals surface area (Å²) in [6.45, 7) is 2.11. The number of hydrogen-bond donors (Lipinski definition) is 2. The van der Waals surface area contributed by atoms with Crippen LogP contribution in [0.5, 0.6) is 11.5 Å². The SMILES string of the molecule is CN=C(NCCCSc1nccs1)NCCOc1ccc(OC)cc1. The molecule has 1 aromatic carbocycles. The molecule has 2 rings (SSSR count). The number of thiazole rings is 1. The van der Waals surface area contributed by atoms with Crippen LogP contribution in [0.2, 0.25) is 0 Å². The quantitative estimate of drug-likeness (QED) is 0.286. The van der Waals surface area contributed by atoms with Crippen LogP contribution in [0, 0.1) is 0 Å². The van der Waals surface area contributed by atoms with E-state index in [1.165, 1.54) is 0 Å². The molecule has 0 fully saturated rings. The Labute approximate surface area is 157 Å². The number of methoxy groups -OCH3 is 1. The van der Waals surface area contributed by atoms with Crippen LogP contribution in [0.1, 0.15) is 6.42 Å². The van der Waals surface area contributed by atoms with E-state index in [1.54, 1.807) is 37.3 Å². The van der Waals surface area contributed by atoms with Crippen LogP contribution in [0.25, 0.3) is 0 Å². The van der Waals surface area contributed by atoms with Crippen LogP contribution in [0.3, 0.4) is 0 Å². The number of thioether (sulfide) groups is 1. The topological polar surface area (TPSA) is 67.8 Å². The van der Waals surface area contributed by atoms with Gasteiger partial charge < -0.3 is 20.1 Å². The molecule has 0 unspecified atom stereocenters. The monoisotopic (exact) mass is 380 g/mol. The van der Waals surface area contributed by atoms with Gasteiger partial charge in [-0.15, -0.1) is 11.3 Å². The van der Waals surface area contributed by atoms with Crippen LogP contribution in [0.4, 0.5) is 0 Å². The summed E-state index contributed by atoms with van der Waals surface area (Å²) in [7, 11) is 3.42. The van der Waals surface area contributed by atoms with E-state index < -0.39 is 0 Å². The average Bonchev–Trinajstić information content (AvgIpc) is 3.17. The molecule has 25 heavy (non-hydrogen) atoms. The predicted molar refractivity (Wildman–Crippen MR) is 105 cm³/mol. The van der Waals surface area contributed by atoms with Crippen LogP contribution >= 0.6 is 23.1 Å². The molecule has 8 heteroatoms. The maximum Gasteiger partial charge on any atom is 0.191 e. The van der Waals surface area contributed by atoms with Gasteiger partial charge in [-0.05, 0) is 30.7 Å². The Balaban J connectivity index is 1.53.